The van der Waals surface area contributed by atoms with E-state index in [-0.39, 0.29) is 11.5 Å². The summed E-state index contributed by atoms with van der Waals surface area (Å²) >= 11 is 0. The third-order valence-electron chi connectivity index (χ3n) is 1.81. The number of nitrogens with zero attached hydrogens (tertiary/aromatic N) is 1. The van der Waals surface area contributed by atoms with E-state index >= 15 is 0 Å². The number of para-hydroxylation sites is 2. The van der Waals surface area contributed by atoms with Crippen LogP contribution in [0.3, 0.4) is 0 Å². The summed E-state index contributed by atoms with van der Waals surface area (Å²) in [5.41, 5.74) is 1.05. The second-order valence-corrected chi connectivity index (χ2v) is 2.77. The summed E-state index contributed by atoms with van der Waals surface area (Å²) in [4.78, 5) is 14.6. The van der Waals surface area contributed by atoms with Gasteiger partial charge in [0.05, 0.1) is 0 Å². The monoisotopic (exact) mass is 189 g/mol. The van der Waals surface area contributed by atoms with E-state index < -0.39 is 5.97 Å². The molecule has 1 aromatic carbocycles. The van der Waals surface area contributed by atoms with E-state index in [1.165, 1.54) is 0 Å². The highest BCUT2D eigenvalue weighted by atomic mass is 16.4. The second kappa shape index (κ2) is 2.99. The molecule has 4 nitrogen and oxygen atoms in total. The number of fused-ring (bicyclic) bond motifs is 1. The van der Waals surface area contributed by atoms with Gasteiger partial charge in [-0.3, -0.25) is 0 Å². The molecule has 0 aliphatic heterocycles. The molecule has 0 spiro atoms. The molecule has 2 aromatic rings. The van der Waals surface area contributed by atoms with Crippen LogP contribution in [-0.4, -0.2) is 16.1 Å². The first-order chi connectivity index (χ1) is 6.68. The molecule has 0 fully saturated rings. The Hall–Kier alpha value is -2.10. The van der Waals surface area contributed by atoms with Crippen LogP contribution in [0.2, 0.25) is 0 Å². The maximum absolute atomic E-state index is 10.6. The van der Waals surface area contributed by atoms with Crippen molar-refractivity contribution in [1.82, 2.24) is 4.98 Å². The number of benzene rings is 1. The van der Waals surface area contributed by atoms with Gasteiger partial charge in [0.25, 0.3) is 0 Å². The highest BCUT2D eigenvalue weighted by Crippen LogP contribution is 2.19. The van der Waals surface area contributed by atoms with Gasteiger partial charge in [-0.1, -0.05) is 18.7 Å². The van der Waals surface area contributed by atoms with E-state index in [4.69, 9.17) is 9.52 Å². The van der Waals surface area contributed by atoms with Crippen LogP contribution in [0.4, 0.5) is 0 Å². The Morgan fingerprint density at radius 2 is 2.14 bits per heavy atom. The van der Waals surface area contributed by atoms with Gasteiger partial charge in [0, 0.05) is 0 Å². The van der Waals surface area contributed by atoms with E-state index in [1.807, 2.05) is 0 Å². The zero-order valence-corrected chi connectivity index (χ0v) is 7.23. The predicted octanol–water partition coefficient (Wildman–Crippen LogP) is 1.93. The Bertz CT molecular complexity index is 480. The number of hydrogen-bond donors (Lipinski definition) is 1. The molecule has 4 heteroatoms. The minimum atomic E-state index is -1.13. The van der Waals surface area contributed by atoms with Gasteiger partial charge in [-0.2, -0.15) is 0 Å². The van der Waals surface area contributed by atoms with Gasteiger partial charge in [-0.25, -0.2) is 9.78 Å². The lowest BCUT2D eigenvalue weighted by molar-refractivity contribution is -0.130. The summed E-state index contributed by atoms with van der Waals surface area (Å²) in [6, 6.07) is 7.07. The van der Waals surface area contributed by atoms with E-state index in [9.17, 15) is 4.79 Å². The fourth-order valence-electron chi connectivity index (χ4n) is 1.09. The van der Waals surface area contributed by atoms with Crippen LogP contribution in [0.1, 0.15) is 5.89 Å². The largest absolute Gasteiger partial charge is 0.478 e. The van der Waals surface area contributed by atoms with Crippen LogP contribution >= 0.6 is 0 Å². The number of carboxylic acids is 1. The summed E-state index contributed by atoms with van der Waals surface area (Å²) in [7, 11) is 0. The highest BCUT2D eigenvalue weighted by molar-refractivity contribution is 6.13. The van der Waals surface area contributed by atoms with Crippen LogP contribution in [0.15, 0.2) is 35.3 Å². The topological polar surface area (TPSA) is 63.3 Å². The van der Waals surface area contributed by atoms with Crippen molar-refractivity contribution in [1.29, 1.82) is 0 Å². The molecule has 0 amide bonds. The Kier molecular flexibility index (Phi) is 1.81. The van der Waals surface area contributed by atoms with Crippen molar-refractivity contribution in [2.75, 3.05) is 0 Å². The number of carbonyl (C=O) groups is 1. The lowest BCUT2D eigenvalue weighted by atomic mass is 10.3. The number of oxazole rings is 1. The van der Waals surface area contributed by atoms with Crippen LogP contribution in [0.5, 0.6) is 0 Å². The minimum Gasteiger partial charge on any atom is -0.478 e. The fourth-order valence-corrected chi connectivity index (χ4v) is 1.09. The van der Waals surface area contributed by atoms with Crippen molar-refractivity contribution in [3.8, 4) is 0 Å². The van der Waals surface area contributed by atoms with Crippen molar-refractivity contribution >= 4 is 22.6 Å². The minimum absolute atomic E-state index is 0.0544. The SMILES string of the molecule is C=C(C(=O)O)c1nc2ccccc2o1. The van der Waals surface area contributed by atoms with E-state index in [2.05, 4.69) is 11.6 Å². The molecule has 0 saturated carbocycles. The first-order valence-corrected chi connectivity index (χ1v) is 3.96. The van der Waals surface area contributed by atoms with E-state index in [0.29, 0.717) is 11.1 Å². The maximum Gasteiger partial charge on any atom is 0.340 e. The Labute approximate surface area is 79.5 Å². The van der Waals surface area contributed by atoms with E-state index in [1.54, 1.807) is 24.3 Å². The van der Waals surface area contributed by atoms with Crippen LogP contribution in [0.25, 0.3) is 16.7 Å². The molecule has 0 aliphatic carbocycles. The maximum atomic E-state index is 10.6. The second-order valence-electron chi connectivity index (χ2n) is 2.77. The third-order valence-corrected chi connectivity index (χ3v) is 1.81. The van der Waals surface area contributed by atoms with Gasteiger partial charge in [0.15, 0.2) is 5.58 Å². The molecule has 14 heavy (non-hydrogen) atoms. The average Bonchev–Trinajstić information content (AvgIpc) is 2.59. The van der Waals surface area contributed by atoms with Crippen molar-refractivity contribution in [3.05, 3.63) is 36.7 Å². The molecule has 1 heterocycles. The van der Waals surface area contributed by atoms with Gasteiger partial charge >= 0.3 is 5.97 Å². The molecule has 0 saturated heterocycles. The third kappa shape index (κ3) is 1.26. The molecule has 0 aliphatic rings. The molecular formula is C10H7NO3. The molecular weight excluding hydrogens is 182 g/mol. The molecule has 1 aromatic heterocycles. The van der Waals surface area contributed by atoms with Gasteiger partial charge in [-0.05, 0) is 12.1 Å². The Morgan fingerprint density at radius 1 is 1.43 bits per heavy atom. The van der Waals surface area contributed by atoms with Crippen molar-refractivity contribution in [2.24, 2.45) is 0 Å². The molecule has 1 N–H and O–H groups in total. The highest BCUT2D eigenvalue weighted by Gasteiger charge is 2.13. The molecule has 0 bridgehead atoms. The number of carboxylic acid groups (broad SMARTS) is 1. The van der Waals surface area contributed by atoms with Gasteiger partial charge in [-0.15, -0.1) is 0 Å². The lowest BCUT2D eigenvalue weighted by Gasteiger charge is -1.89. The number of aromatic nitrogens is 1. The van der Waals surface area contributed by atoms with Gasteiger partial charge in [0.2, 0.25) is 5.89 Å². The summed E-state index contributed by atoms with van der Waals surface area (Å²) in [5, 5.41) is 8.66. The van der Waals surface area contributed by atoms with Crippen LogP contribution in [0, 0.1) is 0 Å². The van der Waals surface area contributed by atoms with Gasteiger partial charge in [0.1, 0.15) is 11.1 Å². The van der Waals surface area contributed by atoms with Crippen molar-refractivity contribution < 1.29 is 14.3 Å². The average molecular weight is 189 g/mol. The van der Waals surface area contributed by atoms with Crippen molar-refractivity contribution in [2.45, 2.75) is 0 Å². The Morgan fingerprint density at radius 3 is 2.79 bits per heavy atom. The van der Waals surface area contributed by atoms with Crippen molar-refractivity contribution in [3.63, 3.8) is 0 Å². The quantitative estimate of drug-likeness (QED) is 0.733. The summed E-state index contributed by atoms with van der Waals surface area (Å²) < 4.78 is 5.20. The molecule has 0 radical (unpaired) electrons. The zero-order chi connectivity index (χ0) is 10.1. The van der Waals surface area contributed by atoms with E-state index in [0.717, 1.165) is 0 Å². The number of hydrogen-bond acceptors (Lipinski definition) is 3. The summed E-state index contributed by atoms with van der Waals surface area (Å²) in [6.45, 7) is 3.36. The summed E-state index contributed by atoms with van der Waals surface area (Å²) in [6.07, 6.45) is 0. The first kappa shape index (κ1) is 8.50. The van der Waals surface area contributed by atoms with Crippen LogP contribution in [-0.2, 0) is 4.79 Å². The number of rotatable bonds is 2. The standard InChI is InChI=1S/C10H7NO3/c1-6(10(12)13)9-11-7-4-2-3-5-8(7)14-9/h2-5H,1H2,(H,12,13). The molecule has 2 rings (SSSR count). The predicted molar refractivity (Wildman–Crippen MR) is 50.7 cm³/mol. The first-order valence-electron chi connectivity index (χ1n) is 3.96. The molecule has 70 valence electrons. The Balaban J connectivity index is 2.55. The normalized spacial score (nSPS) is 10.3. The van der Waals surface area contributed by atoms with Gasteiger partial charge < -0.3 is 9.52 Å². The van der Waals surface area contributed by atoms with Crippen LogP contribution < -0.4 is 0 Å². The number of aliphatic carboxylic acids is 1. The molecule has 0 atom stereocenters. The smallest absolute Gasteiger partial charge is 0.340 e. The molecule has 0 unspecified atom stereocenters. The zero-order valence-electron chi connectivity index (χ0n) is 7.23. The summed E-state index contributed by atoms with van der Waals surface area (Å²) in [5.74, 6) is -1.07. The lowest BCUT2D eigenvalue weighted by Crippen LogP contribution is -1.97. The fraction of sp³-hybridized carbons (Fsp3) is 0.